The van der Waals surface area contributed by atoms with Gasteiger partial charge in [-0.1, -0.05) is 50.0 Å². The number of fused-ring (bicyclic) bond motifs is 1. The van der Waals surface area contributed by atoms with Crippen LogP contribution in [0.5, 0.6) is 0 Å². The van der Waals surface area contributed by atoms with Crippen LogP contribution < -0.4 is 4.72 Å². The van der Waals surface area contributed by atoms with Gasteiger partial charge in [-0.3, -0.25) is 0 Å². The summed E-state index contributed by atoms with van der Waals surface area (Å²) in [6.07, 6.45) is 14.5. The van der Waals surface area contributed by atoms with Gasteiger partial charge >= 0.3 is 0 Å². The van der Waals surface area contributed by atoms with Crippen molar-refractivity contribution in [3.05, 3.63) is 53.1 Å². The Kier molecular flexibility index (Phi) is 9.52. The monoisotopic (exact) mass is 540 g/mol. The van der Waals surface area contributed by atoms with E-state index in [1.165, 1.54) is 49.9 Å². The van der Waals surface area contributed by atoms with Gasteiger partial charge in [-0.05, 0) is 105 Å². The van der Waals surface area contributed by atoms with E-state index in [0.29, 0.717) is 54.5 Å². The lowest BCUT2D eigenvalue weighted by molar-refractivity contribution is 0.0609. The SMILES string of the molecule is C[C@H](CCCCNS(=O)(=O)c1ccc(C#N)cc1)[C@H]1CC[C@H]2/C(=C/C=C3C[C@@H](O)C[C@H](O)C3)CCC[C@]12C. The largest absolute Gasteiger partial charge is 0.393 e. The Morgan fingerprint density at radius 2 is 1.84 bits per heavy atom. The molecule has 3 aliphatic carbocycles. The second kappa shape index (κ2) is 12.5. The highest BCUT2D eigenvalue weighted by Gasteiger charge is 2.50. The van der Waals surface area contributed by atoms with Crippen molar-refractivity contribution in [1.29, 1.82) is 5.26 Å². The third-order valence-electron chi connectivity index (χ3n) is 9.47. The summed E-state index contributed by atoms with van der Waals surface area (Å²) in [5.74, 6) is 1.89. The number of aliphatic hydroxyl groups is 2. The minimum absolute atomic E-state index is 0.197. The van der Waals surface area contributed by atoms with E-state index in [1.807, 2.05) is 6.07 Å². The van der Waals surface area contributed by atoms with Gasteiger partial charge in [0.15, 0.2) is 0 Å². The van der Waals surface area contributed by atoms with Gasteiger partial charge in [0, 0.05) is 6.54 Å². The molecule has 6 atom stereocenters. The molecule has 0 heterocycles. The molecule has 0 saturated heterocycles. The van der Waals surface area contributed by atoms with E-state index < -0.39 is 22.2 Å². The maximum atomic E-state index is 12.5. The number of nitrogens with zero attached hydrogens (tertiary/aromatic N) is 1. The van der Waals surface area contributed by atoms with E-state index >= 15 is 0 Å². The van der Waals surface area contributed by atoms with Crippen molar-refractivity contribution in [2.24, 2.45) is 23.2 Å². The Morgan fingerprint density at radius 1 is 1.13 bits per heavy atom. The fourth-order valence-corrected chi connectivity index (χ4v) is 8.61. The normalized spacial score (nSPS) is 31.6. The van der Waals surface area contributed by atoms with Gasteiger partial charge in [0.2, 0.25) is 10.0 Å². The van der Waals surface area contributed by atoms with Gasteiger partial charge in [0.1, 0.15) is 0 Å². The van der Waals surface area contributed by atoms with Crippen LogP contribution in [-0.2, 0) is 10.0 Å². The zero-order chi connectivity index (χ0) is 27.3. The number of nitriles is 1. The predicted octanol–water partition coefficient (Wildman–Crippen LogP) is 5.62. The molecular formula is C31H44N2O4S. The van der Waals surface area contributed by atoms with Crippen LogP contribution in [-0.4, -0.2) is 37.4 Å². The quantitative estimate of drug-likeness (QED) is 0.352. The summed E-state index contributed by atoms with van der Waals surface area (Å²) < 4.78 is 27.8. The summed E-state index contributed by atoms with van der Waals surface area (Å²) in [7, 11) is -3.55. The summed E-state index contributed by atoms with van der Waals surface area (Å²) in [5, 5.41) is 28.9. The first-order valence-corrected chi connectivity index (χ1v) is 15.8. The van der Waals surface area contributed by atoms with Gasteiger partial charge in [-0.15, -0.1) is 0 Å². The van der Waals surface area contributed by atoms with Gasteiger partial charge in [-0.2, -0.15) is 5.26 Å². The van der Waals surface area contributed by atoms with E-state index in [2.05, 4.69) is 30.7 Å². The molecule has 0 bridgehead atoms. The Morgan fingerprint density at radius 3 is 2.53 bits per heavy atom. The zero-order valence-corrected chi connectivity index (χ0v) is 23.7. The minimum atomic E-state index is -3.55. The molecule has 3 N–H and O–H groups in total. The molecule has 208 valence electrons. The Hall–Kier alpha value is -1.98. The topological polar surface area (TPSA) is 110 Å². The highest BCUT2D eigenvalue weighted by Crippen LogP contribution is 2.59. The average molecular weight is 541 g/mol. The molecule has 3 saturated carbocycles. The van der Waals surface area contributed by atoms with Crippen molar-refractivity contribution in [3.8, 4) is 6.07 Å². The second-order valence-electron chi connectivity index (χ2n) is 12.1. The number of sulfonamides is 1. The van der Waals surface area contributed by atoms with Crippen LogP contribution >= 0.6 is 0 Å². The lowest BCUT2D eigenvalue weighted by Crippen LogP contribution is -2.36. The molecule has 7 heteroatoms. The fraction of sp³-hybridized carbons (Fsp3) is 0.645. The number of benzene rings is 1. The summed E-state index contributed by atoms with van der Waals surface area (Å²) >= 11 is 0. The van der Waals surface area contributed by atoms with E-state index in [9.17, 15) is 18.6 Å². The number of allylic oxidation sites excluding steroid dienone is 3. The fourth-order valence-electron chi connectivity index (χ4n) is 7.54. The molecule has 1 aromatic rings. The van der Waals surface area contributed by atoms with Gasteiger partial charge in [0.05, 0.1) is 28.7 Å². The highest BCUT2D eigenvalue weighted by molar-refractivity contribution is 7.89. The molecule has 0 aliphatic heterocycles. The summed E-state index contributed by atoms with van der Waals surface area (Å²) in [4.78, 5) is 0.197. The molecule has 0 aromatic heterocycles. The minimum Gasteiger partial charge on any atom is -0.393 e. The van der Waals surface area contributed by atoms with Crippen LogP contribution in [0.15, 0.2) is 52.5 Å². The molecule has 4 rings (SSSR count). The maximum Gasteiger partial charge on any atom is 0.240 e. The third-order valence-corrected chi connectivity index (χ3v) is 10.9. The molecule has 0 spiro atoms. The van der Waals surface area contributed by atoms with E-state index in [1.54, 1.807) is 5.57 Å². The molecule has 0 amide bonds. The number of aliphatic hydroxyl groups excluding tert-OH is 2. The molecule has 6 nitrogen and oxygen atoms in total. The van der Waals surface area contributed by atoms with Crippen molar-refractivity contribution in [2.45, 2.75) is 102 Å². The Balaban J connectivity index is 1.28. The lowest BCUT2D eigenvalue weighted by atomic mass is 9.60. The number of hydrogen-bond donors (Lipinski definition) is 3. The third kappa shape index (κ3) is 6.77. The first kappa shape index (κ1) is 29.0. The van der Waals surface area contributed by atoms with Crippen molar-refractivity contribution in [3.63, 3.8) is 0 Å². The highest BCUT2D eigenvalue weighted by atomic mass is 32.2. The molecule has 38 heavy (non-hydrogen) atoms. The smallest absolute Gasteiger partial charge is 0.240 e. The van der Waals surface area contributed by atoms with Crippen LogP contribution in [0.1, 0.15) is 90.0 Å². The van der Waals surface area contributed by atoms with E-state index in [-0.39, 0.29) is 4.90 Å². The van der Waals surface area contributed by atoms with Crippen LogP contribution in [0.3, 0.4) is 0 Å². The van der Waals surface area contributed by atoms with Crippen LogP contribution in [0, 0.1) is 34.5 Å². The van der Waals surface area contributed by atoms with Crippen LogP contribution in [0.4, 0.5) is 0 Å². The summed E-state index contributed by atoms with van der Waals surface area (Å²) in [6.45, 7) is 5.29. The first-order chi connectivity index (χ1) is 18.1. The molecule has 1 aromatic carbocycles. The van der Waals surface area contributed by atoms with Gasteiger partial charge in [-0.25, -0.2) is 13.1 Å². The Bertz CT molecular complexity index is 1160. The average Bonchev–Trinajstić information content (AvgIpc) is 3.24. The van der Waals surface area contributed by atoms with Gasteiger partial charge < -0.3 is 10.2 Å². The van der Waals surface area contributed by atoms with Crippen molar-refractivity contribution < 1.29 is 18.6 Å². The zero-order valence-electron chi connectivity index (χ0n) is 22.9. The molecule has 0 radical (unpaired) electrons. The number of nitrogens with one attached hydrogen (secondary N) is 1. The summed E-state index contributed by atoms with van der Waals surface area (Å²) in [6, 6.07) is 8.02. The summed E-state index contributed by atoms with van der Waals surface area (Å²) in [5.41, 5.74) is 3.47. The number of hydrogen-bond acceptors (Lipinski definition) is 5. The predicted molar refractivity (Wildman–Crippen MR) is 150 cm³/mol. The lowest BCUT2D eigenvalue weighted by Gasteiger charge is -2.44. The molecule has 3 aliphatic rings. The van der Waals surface area contributed by atoms with Crippen LogP contribution in [0.25, 0.3) is 0 Å². The maximum absolute atomic E-state index is 12.5. The van der Waals surface area contributed by atoms with Crippen molar-refractivity contribution >= 4 is 10.0 Å². The standard InChI is InChI=1S/C31H44N2O4S/c1-22(6-3-4-17-33-38(36,37)28-12-9-23(21-32)10-13-28)29-14-15-30-25(7-5-16-31(29,30)2)11-8-24-18-26(34)20-27(35)19-24/h8-13,22,26-27,29-30,33-35H,3-7,14-20H2,1-2H3/b25-11+/t22-,26-,27-,29-,30+,31-/m1/s1. The van der Waals surface area contributed by atoms with Gasteiger partial charge in [0.25, 0.3) is 0 Å². The Labute approximate surface area is 228 Å². The number of unbranched alkanes of at least 4 members (excludes halogenated alkanes) is 1. The van der Waals surface area contributed by atoms with Crippen molar-refractivity contribution in [2.75, 3.05) is 6.54 Å². The van der Waals surface area contributed by atoms with Crippen LogP contribution in [0.2, 0.25) is 0 Å². The van der Waals surface area contributed by atoms with E-state index in [4.69, 9.17) is 5.26 Å². The van der Waals surface area contributed by atoms with Crippen molar-refractivity contribution in [1.82, 2.24) is 4.72 Å². The molecule has 0 unspecified atom stereocenters. The van der Waals surface area contributed by atoms with E-state index in [0.717, 1.165) is 31.3 Å². The molecule has 3 fully saturated rings. The first-order valence-electron chi connectivity index (χ1n) is 14.4. The number of rotatable bonds is 9. The second-order valence-corrected chi connectivity index (χ2v) is 13.9. The molecular weight excluding hydrogens is 496 g/mol.